The van der Waals surface area contributed by atoms with E-state index in [1.165, 1.54) is 0 Å². The van der Waals surface area contributed by atoms with Crippen molar-refractivity contribution in [1.82, 2.24) is 0 Å². The zero-order valence-electron chi connectivity index (χ0n) is 7.12. The van der Waals surface area contributed by atoms with Crippen LogP contribution in [0.2, 0.25) is 13.1 Å². The lowest BCUT2D eigenvalue weighted by atomic mass is 10.1. The quantitative estimate of drug-likeness (QED) is 0.362. The van der Waals surface area contributed by atoms with Gasteiger partial charge in [-0.1, -0.05) is 0 Å². The van der Waals surface area contributed by atoms with Gasteiger partial charge in [0.25, 0.3) is 9.04 Å². The van der Waals surface area contributed by atoms with Crippen LogP contribution in [0.5, 0.6) is 0 Å². The third-order valence-corrected chi connectivity index (χ3v) is 2.05. The van der Waals surface area contributed by atoms with Crippen molar-refractivity contribution in [2.75, 3.05) is 13.2 Å². The van der Waals surface area contributed by atoms with Crippen LogP contribution in [0.15, 0.2) is 5.16 Å². The Kier molecular flexibility index (Phi) is 3.58. The molecule has 3 nitrogen and oxygen atoms in total. The first-order valence-corrected chi connectivity index (χ1v) is 6.84. The number of rotatable bonds is 3. The highest BCUT2D eigenvalue weighted by molar-refractivity contribution is 6.48. The van der Waals surface area contributed by atoms with Crippen molar-refractivity contribution in [2.24, 2.45) is 11.1 Å². The molecule has 0 spiro atoms. The average molecular weight is 173 g/mol. The number of oxime groups is 1. The van der Waals surface area contributed by atoms with E-state index in [0.29, 0.717) is 5.92 Å². The summed E-state index contributed by atoms with van der Waals surface area (Å²) < 4.78 is 10.3. The first-order valence-electron chi connectivity index (χ1n) is 4.06. The smallest absolute Gasteiger partial charge is 0.266 e. The molecule has 0 amide bonds. The van der Waals surface area contributed by atoms with E-state index < -0.39 is 9.04 Å². The molecule has 1 saturated heterocycles. The number of ether oxygens (including phenoxy) is 1. The summed E-state index contributed by atoms with van der Waals surface area (Å²) in [5.74, 6) is 0.489. The molecule has 0 aliphatic carbocycles. The molecule has 1 heterocycles. The maximum Gasteiger partial charge on any atom is 0.266 e. The predicted molar refractivity (Wildman–Crippen MR) is 47.4 cm³/mol. The van der Waals surface area contributed by atoms with Crippen LogP contribution in [0.3, 0.4) is 0 Å². The molecule has 4 heteroatoms. The van der Waals surface area contributed by atoms with Crippen LogP contribution in [0.1, 0.15) is 6.42 Å². The molecule has 0 radical (unpaired) electrons. The number of hydrogen-bond donors (Lipinski definition) is 0. The fourth-order valence-corrected chi connectivity index (χ4v) is 1.23. The van der Waals surface area contributed by atoms with Gasteiger partial charge in [-0.05, 0) is 19.5 Å². The lowest BCUT2D eigenvalue weighted by Crippen LogP contribution is -2.05. The minimum atomic E-state index is -0.970. The van der Waals surface area contributed by atoms with Gasteiger partial charge in [0.2, 0.25) is 0 Å². The van der Waals surface area contributed by atoms with Crippen LogP contribution in [-0.4, -0.2) is 28.5 Å². The molecule has 11 heavy (non-hydrogen) atoms. The second-order valence-electron chi connectivity index (χ2n) is 3.03. The van der Waals surface area contributed by atoms with Gasteiger partial charge < -0.3 is 9.26 Å². The van der Waals surface area contributed by atoms with Crippen molar-refractivity contribution in [3.63, 3.8) is 0 Å². The maximum atomic E-state index is 5.18. The molecule has 1 aliphatic rings. The second-order valence-corrected chi connectivity index (χ2v) is 5.34. The van der Waals surface area contributed by atoms with E-state index in [1.807, 2.05) is 6.21 Å². The molecular weight excluding hydrogens is 158 g/mol. The van der Waals surface area contributed by atoms with E-state index in [2.05, 4.69) is 18.2 Å². The van der Waals surface area contributed by atoms with E-state index in [-0.39, 0.29) is 0 Å². The zero-order valence-corrected chi connectivity index (χ0v) is 8.27. The maximum absolute atomic E-state index is 5.18. The monoisotopic (exact) mass is 173 g/mol. The van der Waals surface area contributed by atoms with Crippen LogP contribution in [0, 0.1) is 5.92 Å². The van der Waals surface area contributed by atoms with Gasteiger partial charge in [-0.2, -0.15) is 0 Å². The summed E-state index contributed by atoms with van der Waals surface area (Å²) in [6, 6.07) is 0. The summed E-state index contributed by atoms with van der Waals surface area (Å²) in [4.78, 5) is 0. The van der Waals surface area contributed by atoms with Gasteiger partial charge in [-0.25, -0.2) is 0 Å². The normalized spacial score (nSPS) is 25.2. The van der Waals surface area contributed by atoms with Gasteiger partial charge in [0.05, 0.1) is 6.61 Å². The molecule has 1 rings (SSSR count). The van der Waals surface area contributed by atoms with Gasteiger partial charge in [0.1, 0.15) is 0 Å². The van der Waals surface area contributed by atoms with Crippen LogP contribution in [0.4, 0.5) is 0 Å². The van der Waals surface area contributed by atoms with Crippen molar-refractivity contribution in [1.29, 1.82) is 0 Å². The molecule has 1 fully saturated rings. The van der Waals surface area contributed by atoms with E-state index >= 15 is 0 Å². The summed E-state index contributed by atoms with van der Waals surface area (Å²) in [5.41, 5.74) is 0. The van der Waals surface area contributed by atoms with Gasteiger partial charge in [-0.15, -0.1) is 5.16 Å². The van der Waals surface area contributed by atoms with Crippen LogP contribution >= 0.6 is 0 Å². The Morgan fingerprint density at radius 1 is 1.64 bits per heavy atom. The Bertz CT molecular complexity index is 132. The predicted octanol–water partition coefficient (Wildman–Crippen LogP) is 1.01. The zero-order chi connectivity index (χ0) is 8.10. The van der Waals surface area contributed by atoms with Gasteiger partial charge in [-0.3, -0.25) is 0 Å². The van der Waals surface area contributed by atoms with Crippen LogP contribution in [-0.2, 0) is 9.26 Å². The third-order valence-electron chi connectivity index (χ3n) is 1.51. The topological polar surface area (TPSA) is 30.8 Å². The minimum Gasteiger partial charge on any atom is -0.460 e. The lowest BCUT2D eigenvalue weighted by Gasteiger charge is -2.01. The Hall–Kier alpha value is -0.353. The average Bonchev–Trinajstić information content (AvgIpc) is 2.39. The van der Waals surface area contributed by atoms with Gasteiger partial charge in [0, 0.05) is 18.7 Å². The molecule has 1 aliphatic heterocycles. The Balaban J connectivity index is 2.12. The lowest BCUT2D eigenvalue weighted by molar-refractivity contribution is 0.193. The summed E-state index contributed by atoms with van der Waals surface area (Å²) in [7, 11) is -0.970. The van der Waals surface area contributed by atoms with Gasteiger partial charge >= 0.3 is 0 Å². The standard InChI is InChI=1S/C7H15NO2Si/c1-11(2)10-8-5-7-3-4-9-6-7/h5,7,11H,3-4,6H2,1-2H3. The molecule has 0 saturated carbocycles. The van der Waals surface area contributed by atoms with E-state index in [1.54, 1.807) is 0 Å². The van der Waals surface area contributed by atoms with Crippen molar-refractivity contribution < 1.29 is 9.26 Å². The molecule has 64 valence electrons. The Morgan fingerprint density at radius 3 is 3.00 bits per heavy atom. The molecule has 0 bridgehead atoms. The van der Waals surface area contributed by atoms with Gasteiger partial charge in [0.15, 0.2) is 0 Å². The molecule has 0 aromatic carbocycles. The largest absolute Gasteiger partial charge is 0.460 e. The molecule has 1 unspecified atom stereocenters. The summed E-state index contributed by atoms with van der Waals surface area (Å²) in [6.07, 6.45) is 2.96. The third kappa shape index (κ3) is 3.53. The first-order chi connectivity index (χ1) is 5.29. The second kappa shape index (κ2) is 4.51. The molecule has 0 aromatic heterocycles. The molecule has 0 aromatic rings. The fourth-order valence-electron chi connectivity index (χ4n) is 0.913. The van der Waals surface area contributed by atoms with Crippen molar-refractivity contribution in [3.8, 4) is 0 Å². The summed E-state index contributed by atoms with van der Waals surface area (Å²) in [6.45, 7) is 5.88. The number of hydrogen-bond acceptors (Lipinski definition) is 3. The van der Waals surface area contributed by atoms with Crippen molar-refractivity contribution in [3.05, 3.63) is 0 Å². The highest BCUT2D eigenvalue weighted by Crippen LogP contribution is 2.09. The van der Waals surface area contributed by atoms with E-state index in [0.717, 1.165) is 19.6 Å². The first kappa shape index (κ1) is 8.74. The SMILES string of the molecule is C[SiH](C)ON=CC1CCOC1. The van der Waals surface area contributed by atoms with Crippen LogP contribution < -0.4 is 0 Å². The van der Waals surface area contributed by atoms with E-state index in [9.17, 15) is 0 Å². The highest BCUT2D eigenvalue weighted by atomic mass is 28.3. The molecular formula is C7H15NO2Si. The molecule has 1 atom stereocenters. The van der Waals surface area contributed by atoms with Crippen LogP contribution in [0.25, 0.3) is 0 Å². The summed E-state index contributed by atoms with van der Waals surface area (Å²) in [5, 5.41) is 3.91. The fraction of sp³-hybridized carbons (Fsp3) is 0.857. The Labute approximate surface area is 69.1 Å². The minimum absolute atomic E-state index is 0.489. The summed E-state index contributed by atoms with van der Waals surface area (Å²) >= 11 is 0. The van der Waals surface area contributed by atoms with Crippen molar-refractivity contribution >= 4 is 15.3 Å². The number of nitrogens with zero attached hydrogens (tertiary/aromatic N) is 1. The Morgan fingerprint density at radius 2 is 2.45 bits per heavy atom. The highest BCUT2D eigenvalue weighted by Gasteiger charge is 2.12. The van der Waals surface area contributed by atoms with Crippen molar-refractivity contribution in [2.45, 2.75) is 19.5 Å². The van der Waals surface area contributed by atoms with E-state index in [4.69, 9.17) is 9.26 Å². The molecule has 0 N–H and O–H groups in total.